The molecule has 1 N–H and O–H groups in total. The summed E-state index contributed by atoms with van der Waals surface area (Å²) in [5.41, 5.74) is -0.0439. The van der Waals surface area contributed by atoms with Gasteiger partial charge in [0.05, 0.1) is 23.9 Å². The first-order valence-electron chi connectivity index (χ1n) is 6.88. The number of piperidine rings is 1. The molecule has 1 aromatic heterocycles. The van der Waals surface area contributed by atoms with Crippen molar-refractivity contribution in [1.82, 2.24) is 24.8 Å². The van der Waals surface area contributed by atoms with Crippen LogP contribution in [0.4, 0.5) is 0 Å². The molecular formula is C13H23N5O2. The fourth-order valence-electron chi connectivity index (χ4n) is 2.61. The number of hydrogen-bond donors (Lipinski definition) is 1. The molecule has 1 fully saturated rings. The first-order valence-corrected chi connectivity index (χ1v) is 6.88. The van der Waals surface area contributed by atoms with Crippen LogP contribution in [0.25, 0.3) is 0 Å². The summed E-state index contributed by atoms with van der Waals surface area (Å²) in [7, 11) is 5.21. The van der Waals surface area contributed by atoms with E-state index in [0.29, 0.717) is 19.5 Å². The van der Waals surface area contributed by atoms with Crippen molar-refractivity contribution in [3.05, 3.63) is 11.9 Å². The Morgan fingerprint density at radius 3 is 2.90 bits per heavy atom. The molecule has 1 aromatic rings. The number of amides is 1. The van der Waals surface area contributed by atoms with Crippen LogP contribution in [0.5, 0.6) is 0 Å². The average molecular weight is 281 g/mol. The zero-order chi connectivity index (χ0) is 14.8. The summed E-state index contributed by atoms with van der Waals surface area (Å²) in [6, 6.07) is 0. The van der Waals surface area contributed by atoms with Crippen LogP contribution in [0.1, 0.15) is 25.0 Å². The SMILES string of the molecule is CN(C)C(=O)CC1(O)CCCN(Cc2cnn(C)n2)C1. The van der Waals surface area contributed by atoms with E-state index < -0.39 is 5.60 Å². The summed E-state index contributed by atoms with van der Waals surface area (Å²) in [5.74, 6) is -0.0335. The van der Waals surface area contributed by atoms with Crippen molar-refractivity contribution in [3.63, 3.8) is 0 Å². The second-order valence-electron chi connectivity index (χ2n) is 5.83. The molecule has 0 aromatic carbocycles. The molecular weight excluding hydrogens is 258 g/mol. The topological polar surface area (TPSA) is 74.5 Å². The number of likely N-dealkylation sites (tertiary alicyclic amines) is 1. The molecule has 0 radical (unpaired) electrons. The summed E-state index contributed by atoms with van der Waals surface area (Å²) in [5, 5.41) is 18.9. The monoisotopic (exact) mass is 281 g/mol. The Balaban J connectivity index is 1.95. The van der Waals surface area contributed by atoms with Gasteiger partial charge in [-0.05, 0) is 19.4 Å². The second kappa shape index (κ2) is 5.88. The smallest absolute Gasteiger partial charge is 0.224 e. The summed E-state index contributed by atoms with van der Waals surface area (Å²) in [4.78, 5) is 17.0. The molecule has 1 aliphatic rings. The first kappa shape index (κ1) is 14.9. The Kier molecular flexibility index (Phi) is 4.39. The van der Waals surface area contributed by atoms with Gasteiger partial charge in [-0.25, -0.2) is 0 Å². The van der Waals surface area contributed by atoms with Gasteiger partial charge < -0.3 is 10.0 Å². The summed E-state index contributed by atoms with van der Waals surface area (Å²) >= 11 is 0. The molecule has 7 heteroatoms. The van der Waals surface area contributed by atoms with Crippen LogP contribution in [0.2, 0.25) is 0 Å². The van der Waals surface area contributed by atoms with Crippen LogP contribution >= 0.6 is 0 Å². The quantitative estimate of drug-likeness (QED) is 0.814. The van der Waals surface area contributed by atoms with Gasteiger partial charge in [-0.2, -0.15) is 15.0 Å². The average Bonchev–Trinajstić information content (AvgIpc) is 2.74. The molecule has 2 rings (SSSR count). The third-order valence-corrected chi connectivity index (χ3v) is 3.65. The molecule has 112 valence electrons. The van der Waals surface area contributed by atoms with Crippen LogP contribution in [0.3, 0.4) is 0 Å². The molecule has 0 saturated carbocycles. The summed E-state index contributed by atoms with van der Waals surface area (Å²) < 4.78 is 0. The van der Waals surface area contributed by atoms with Crippen LogP contribution in [0, 0.1) is 0 Å². The minimum atomic E-state index is -0.929. The van der Waals surface area contributed by atoms with Crippen LogP contribution in [-0.4, -0.2) is 68.6 Å². The number of aliphatic hydroxyl groups is 1. The number of β-amino-alcohol motifs (C(OH)–C–C–N with tert-alkyl or cyclic N) is 1. The van der Waals surface area contributed by atoms with E-state index in [9.17, 15) is 9.90 Å². The molecule has 7 nitrogen and oxygen atoms in total. The van der Waals surface area contributed by atoms with E-state index in [1.807, 2.05) is 0 Å². The minimum absolute atomic E-state index is 0.0335. The largest absolute Gasteiger partial charge is 0.388 e. The van der Waals surface area contributed by atoms with E-state index in [1.165, 1.54) is 9.70 Å². The Morgan fingerprint density at radius 1 is 1.55 bits per heavy atom. The predicted octanol–water partition coefficient (Wildman–Crippen LogP) is -0.380. The first-order chi connectivity index (χ1) is 9.38. The lowest BCUT2D eigenvalue weighted by molar-refractivity contribution is -0.136. The van der Waals surface area contributed by atoms with Crippen molar-refractivity contribution in [3.8, 4) is 0 Å². The van der Waals surface area contributed by atoms with E-state index in [4.69, 9.17) is 0 Å². The number of hydrogen-bond acceptors (Lipinski definition) is 5. The highest BCUT2D eigenvalue weighted by atomic mass is 16.3. The maximum absolute atomic E-state index is 11.8. The fourth-order valence-corrected chi connectivity index (χ4v) is 2.61. The van der Waals surface area contributed by atoms with Gasteiger partial charge in [-0.3, -0.25) is 9.69 Å². The summed E-state index contributed by atoms with van der Waals surface area (Å²) in [6.45, 7) is 2.07. The lowest BCUT2D eigenvalue weighted by Gasteiger charge is -2.39. The molecule has 1 unspecified atom stereocenters. The minimum Gasteiger partial charge on any atom is -0.388 e. The third kappa shape index (κ3) is 3.77. The zero-order valence-corrected chi connectivity index (χ0v) is 12.4. The maximum Gasteiger partial charge on any atom is 0.224 e. The van der Waals surface area contributed by atoms with E-state index in [-0.39, 0.29) is 12.3 Å². The van der Waals surface area contributed by atoms with Gasteiger partial charge in [-0.15, -0.1) is 0 Å². The lowest BCUT2D eigenvalue weighted by Crippen LogP contribution is -2.50. The van der Waals surface area contributed by atoms with Gasteiger partial charge in [0.15, 0.2) is 0 Å². The van der Waals surface area contributed by atoms with Crippen LogP contribution in [0.15, 0.2) is 6.20 Å². The number of nitrogens with zero attached hydrogens (tertiary/aromatic N) is 5. The molecule has 1 atom stereocenters. The van der Waals surface area contributed by atoms with Gasteiger partial charge in [0.2, 0.25) is 5.91 Å². The Morgan fingerprint density at radius 2 is 2.30 bits per heavy atom. The number of carbonyl (C=O) groups excluding carboxylic acids is 1. The van der Waals surface area contributed by atoms with Gasteiger partial charge in [0.1, 0.15) is 0 Å². The molecule has 0 bridgehead atoms. The molecule has 0 spiro atoms. The molecule has 2 heterocycles. The summed E-state index contributed by atoms with van der Waals surface area (Å²) in [6.07, 6.45) is 3.47. The number of rotatable bonds is 4. The number of aryl methyl sites for hydroxylation is 1. The molecule has 20 heavy (non-hydrogen) atoms. The van der Waals surface area contributed by atoms with Crippen LogP contribution < -0.4 is 0 Å². The van der Waals surface area contributed by atoms with Crippen LogP contribution in [-0.2, 0) is 18.4 Å². The maximum atomic E-state index is 11.8. The van der Waals surface area contributed by atoms with Crippen molar-refractivity contribution in [2.24, 2.45) is 7.05 Å². The van der Waals surface area contributed by atoms with Crippen molar-refractivity contribution in [2.45, 2.75) is 31.4 Å². The van der Waals surface area contributed by atoms with Crippen molar-refractivity contribution in [2.75, 3.05) is 27.2 Å². The lowest BCUT2D eigenvalue weighted by atomic mass is 9.89. The highest BCUT2D eigenvalue weighted by Crippen LogP contribution is 2.25. The highest BCUT2D eigenvalue weighted by Gasteiger charge is 2.35. The van der Waals surface area contributed by atoms with Gasteiger partial charge in [0, 0.05) is 34.2 Å². The standard InChI is InChI=1S/C13H23N5O2/c1-16(2)12(19)7-13(20)5-4-6-18(10-13)9-11-8-14-17(3)15-11/h8,20H,4-7,9-10H2,1-3H3. The van der Waals surface area contributed by atoms with Gasteiger partial charge >= 0.3 is 0 Å². The molecule has 1 amide bonds. The second-order valence-corrected chi connectivity index (χ2v) is 5.83. The van der Waals surface area contributed by atoms with Crippen molar-refractivity contribution in [1.29, 1.82) is 0 Å². The fraction of sp³-hybridized carbons (Fsp3) is 0.769. The Hall–Kier alpha value is -1.47. The van der Waals surface area contributed by atoms with E-state index >= 15 is 0 Å². The van der Waals surface area contributed by atoms with E-state index in [1.54, 1.807) is 27.3 Å². The molecule has 1 saturated heterocycles. The van der Waals surface area contributed by atoms with E-state index in [0.717, 1.165) is 18.7 Å². The highest BCUT2D eigenvalue weighted by molar-refractivity contribution is 5.76. The predicted molar refractivity (Wildman–Crippen MR) is 73.8 cm³/mol. The van der Waals surface area contributed by atoms with Crippen molar-refractivity contribution < 1.29 is 9.90 Å². The number of carbonyl (C=O) groups is 1. The van der Waals surface area contributed by atoms with Gasteiger partial charge in [-0.1, -0.05) is 0 Å². The molecule has 1 aliphatic heterocycles. The third-order valence-electron chi connectivity index (χ3n) is 3.65. The Bertz CT molecular complexity index is 473. The van der Waals surface area contributed by atoms with Crippen molar-refractivity contribution >= 4 is 5.91 Å². The van der Waals surface area contributed by atoms with E-state index in [2.05, 4.69) is 15.1 Å². The molecule has 0 aliphatic carbocycles. The number of aromatic nitrogens is 3. The zero-order valence-electron chi connectivity index (χ0n) is 12.4. The van der Waals surface area contributed by atoms with Gasteiger partial charge in [0.25, 0.3) is 0 Å². The Labute approximate surface area is 119 Å². The normalized spacial score (nSPS) is 23.8.